The molecule has 0 saturated heterocycles. The van der Waals surface area contributed by atoms with Gasteiger partial charge in [0.15, 0.2) is 0 Å². The molecule has 0 bridgehead atoms. The van der Waals surface area contributed by atoms with Gasteiger partial charge in [-0.05, 0) is 24.3 Å². The van der Waals surface area contributed by atoms with Gasteiger partial charge in [-0.25, -0.2) is 13.1 Å². The maximum Gasteiger partial charge on any atom is 0.243 e. The maximum atomic E-state index is 12.4. The second kappa shape index (κ2) is 4.90. The van der Waals surface area contributed by atoms with Crippen LogP contribution in [0.25, 0.3) is 10.9 Å². The molecule has 21 heavy (non-hydrogen) atoms. The molecular weight excluding hydrogens is 290 g/mol. The summed E-state index contributed by atoms with van der Waals surface area (Å²) in [5.74, 6) is 0. The van der Waals surface area contributed by atoms with Crippen molar-refractivity contribution >= 4 is 26.6 Å². The first-order valence-corrected chi connectivity index (χ1v) is 7.79. The highest BCUT2D eigenvalue weighted by atomic mass is 32.2. The van der Waals surface area contributed by atoms with Crippen LogP contribution in [-0.2, 0) is 23.6 Å². The monoisotopic (exact) mass is 305 g/mol. The number of nitrogens with two attached hydrogens (primary N) is 1. The molecule has 0 unspecified atom stereocenters. The van der Waals surface area contributed by atoms with Gasteiger partial charge in [-0.2, -0.15) is 5.10 Å². The van der Waals surface area contributed by atoms with E-state index in [2.05, 4.69) is 14.8 Å². The van der Waals surface area contributed by atoms with Crippen LogP contribution in [0.15, 0.2) is 41.6 Å². The van der Waals surface area contributed by atoms with Gasteiger partial charge in [0.2, 0.25) is 10.0 Å². The summed E-state index contributed by atoms with van der Waals surface area (Å²) in [6.45, 7) is 0.144. The number of hydrogen-bond donors (Lipinski definition) is 3. The number of aryl methyl sites for hydroxylation is 1. The Morgan fingerprint density at radius 1 is 1.38 bits per heavy atom. The maximum absolute atomic E-state index is 12.4. The van der Waals surface area contributed by atoms with Crippen molar-refractivity contribution in [1.29, 1.82) is 0 Å². The van der Waals surface area contributed by atoms with Crippen molar-refractivity contribution in [1.82, 2.24) is 19.5 Å². The van der Waals surface area contributed by atoms with E-state index in [1.165, 1.54) is 6.20 Å². The number of aromatic amines is 1. The largest absolute Gasteiger partial charge is 0.399 e. The molecule has 0 atom stereocenters. The van der Waals surface area contributed by atoms with Gasteiger partial charge < -0.3 is 10.7 Å². The second-order valence-electron chi connectivity index (χ2n) is 4.76. The number of benzene rings is 1. The summed E-state index contributed by atoms with van der Waals surface area (Å²) in [6, 6.07) is 6.83. The summed E-state index contributed by atoms with van der Waals surface area (Å²) in [5, 5.41) is 4.74. The third kappa shape index (κ3) is 2.63. The molecule has 0 aliphatic rings. The van der Waals surface area contributed by atoms with Gasteiger partial charge in [0.05, 0.1) is 12.2 Å². The van der Waals surface area contributed by atoms with Crippen molar-refractivity contribution in [2.45, 2.75) is 11.4 Å². The number of sulfonamides is 1. The lowest BCUT2D eigenvalue weighted by Gasteiger charge is -2.04. The number of nitrogens with zero attached hydrogens (tertiary/aromatic N) is 2. The summed E-state index contributed by atoms with van der Waals surface area (Å²) >= 11 is 0. The first kappa shape index (κ1) is 13.7. The fourth-order valence-electron chi connectivity index (χ4n) is 2.14. The first-order valence-electron chi connectivity index (χ1n) is 6.30. The van der Waals surface area contributed by atoms with Gasteiger partial charge in [0.1, 0.15) is 4.90 Å². The fourth-order valence-corrected chi connectivity index (χ4v) is 3.32. The number of H-pyrrole nitrogens is 1. The van der Waals surface area contributed by atoms with E-state index in [-0.39, 0.29) is 11.4 Å². The van der Waals surface area contributed by atoms with Crippen LogP contribution in [0.1, 0.15) is 5.69 Å². The van der Waals surface area contributed by atoms with E-state index in [1.54, 1.807) is 42.2 Å². The topological polar surface area (TPSA) is 106 Å². The van der Waals surface area contributed by atoms with E-state index in [4.69, 9.17) is 5.73 Å². The molecule has 2 heterocycles. The molecular formula is C13H15N5O2S. The van der Waals surface area contributed by atoms with Gasteiger partial charge in [0.25, 0.3) is 0 Å². The van der Waals surface area contributed by atoms with E-state index in [0.717, 1.165) is 0 Å². The quantitative estimate of drug-likeness (QED) is 0.624. The molecule has 1 aromatic carbocycles. The number of anilines is 1. The number of rotatable bonds is 4. The predicted molar refractivity (Wildman–Crippen MR) is 79.9 cm³/mol. The highest BCUT2D eigenvalue weighted by Gasteiger charge is 2.19. The Bertz CT molecular complexity index is 894. The summed E-state index contributed by atoms with van der Waals surface area (Å²) in [7, 11) is -1.84. The van der Waals surface area contributed by atoms with Crippen LogP contribution in [0.2, 0.25) is 0 Å². The molecule has 3 rings (SSSR count). The number of nitrogen functional groups attached to an aromatic ring is 1. The van der Waals surface area contributed by atoms with E-state index >= 15 is 0 Å². The number of nitrogens with one attached hydrogen (secondary N) is 2. The normalized spacial score (nSPS) is 12.0. The zero-order valence-corrected chi connectivity index (χ0v) is 12.2. The molecule has 4 N–H and O–H groups in total. The van der Waals surface area contributed by atoms with Crippen molar-refractivity contribution in [3.05, 3.63) is 42.4 Å². The van der Waals surface area contributed by atoms with Crippen molar-refractivity contribution in [3.8, 4) is 0 Å². The summed E-state index contributed by atoms with van der Waals surface area (Å²) in [5.41, 5.74) is 7.61. The average molecular weight is 305 g/mol. The van der Waals surface area contributed by atoms with E-state index in [0.29, 0.717) is 22.3 Å². The molecule has 0 aliphatic heterocycles. The SMILES string of the molecule is Cn1ccc(CNS(=O)(=O)c2c[nH]c3cc(N)ccc23)n1. The Balaban J connectivity index is 1.89. The van der Waals surface area contributed by atoms with Gasteiger partial charge in [0, 0.05) is 36.0 Å². The Labute approximate surface area is 121 Å². The van der Waals surface area contributed by atoms with E-state index < -0.39 is 10.0 Å². The average Bonchev–Trinajstić information content (AvgIpc) is 3.02. The minimum Gasteiger partial charge on any atom is -0.399 e. The minimum absolute atomic E-state index is 0.144. The lowest BCUT2D eigenvalue weighted by atomic mass is 10.2. The Kier molecular flexibility index (Phi) is 3.19. The lowest BCUT2D eigenvalue weighted by Crippen LogP contribution is -2.23. The van der Waals surface area contributed by atoms with Gasteiger partial charge in [-0.15, -0.1) is 0 Å². The Morgan fingerprint density at radius 3 is 2.90 bits per heavy atom. The third-order valence-electron chi connectivity index (χ3n) is 3.17. The molecule has 2 aromatic heterocycles. The number of hydrogen-bond acceptors (Lipinski definition) is 4. The molecule has 0 fully saturated rings. The second-order valence-corrected chi connectivity index (χ2v) is 6.50. The fraction of sp³-hybridized carbons (Fsp3) is 0.154. The van der Waals surface area contributed by atoms with Crippen LogP contribution in [0.4, 0.5) is 5.69 Å². The first-order chi connectivity index (χ1) is 9.95. The molecule has 0 spiro atoms. The Hall–Kier alpha value is -2.32. The molecule has 0 radical (unpaired) electrons. The van der Waals surface area contributed by atoms with Gasteiger partial charge in [-0.1, -0.05) is 0 Å². The van der Waals surface area contributed by atoms with Gasteiger partial charge >= 0.3 is 0 Å². The molecule has 0 amide bonds. The molecule has 8 heteroatoms. The van der Waals surface area contributed by atoms with Crippen LogP contribution >= 0.6 is 0 Å². The highest BCUT2D eigenvalue weighted by molar-refractivity contribution is 7.89. The molecule has 0 saturated carbocycles. The molecule has 3 aromatic rings. The standard InChI is InChI=1S/C13H15N5O2S/c1-18-5-4-10(17-18)7-16-21(19,20)13-8-15-12-6-9(14)2-3-11(12)13/h2-6,8,15-16H,7,14H2,1H3. The Morgan fingerprint density at radius 2 is 2.19 bits per heavy atom. The van der Waals surface area contributed by atoms with Crippen molar-refractivity contribution in [2.75, 3.05) is 5.73 Å². The van der Waals surface area contributed by atoms with Crippen molar-refractivity contribution in [2.24, 2.45) is 7.05 Å². The van der Waals surface area contributed by atoms with Crippen LogP contribution in [0.5, 0.6) is 0 Å². The van der Waals surface area contributed by atoms with Gasteiger partial charge in [-0.3, -0.25) is 4.68 Å². The smallest absolute Gasteiger partial charge is 0.243 e. The lowest BCUT2D eigenvalue weighted by molar-refractivity contribution is 0.580. The number of aromatic nitrogens is 3. The molecule has 110 valence electrons. The number of fused-ring (bicyclic) bond motifs is 1. The molecule has 0 aliphatic carbocycles. The van der Waals surface area contributed by atoms with Crippen LogP contribution in [0.3, 0.4) is 0 Å². The van der Waals surface area contributed by atoms with Crippen molar-refractivity contribution < 1.29 is 8.42 Å². The molecule has 7 nitrogen and oxygen atoms in total. The third-order valence-corrected chi connectivity index (χ3v) is 4.61. The van der Waals surface area contributed by atoms with E-state index in [9.17, 15) is 8.42 Å². The highest BCUT2D eigenvalue weighted by Crippen LogP contribution is 2.24. The summed E-state index contributed by atoms with van der Waals surface area (Å²) < 4.78 is 28.9. The van der Waals surface area contributed by atoms with Crippen LogP contribution in [-0.4, -0.2) is 23.2 Å². The van der Waals surface area contributed by atoms with E-state index in [1.807, 2.05) is 0 Å². The van der Waals surface area contributed by atoms with Crippen molar-refractivity contribution in [3.63, 3.8) is 0 Å². The van der Waals surface area contributed by atoms with Crippen LogP contribution in [0, 0.1) is 0 Å². The predicted octanol–water partition coefficient (Wildman–Crippen LogP) is 0.962. The van der Waals surface area contributed by atoms with Crippen LogP contribution < -0.4 is 10.5 Å². The zero-order chi connectivity index (χ0) is 15.0. The summed E-state index contributed by atoms with van der Waals surface area (Å²) in [4.78, 5) is 3.12. The summed E-state index contributed by atoms with van der Waals surface area (Å²) in [6.07, 6.45) is 3.23. The minimum atomic E-state index is -3.62. The zero-order valence-electron chi connectivity index (χ0n) is 11.4.